The second-order valence-corrected chi connectivity index (χ2v) is 15.2. The number of para-hydroxylation sites is 2. The van der Waals surface area contributed by atoms with Gasteiger partial charge in [0.2, 0.25) is 0 Å². The minimum atomic E-state index is 1.17. The molecule has 9 aromatic carbocycles. The average Bonchev–Trinajstić information content (AvgIpc) is 3.73. The molecule has 53 heavy (non-hydrogen) atoms. The molecular weight excluding hydrogens is 661 g/mol. The highest BCUT2D eigenvalue weighted by atomic mass is 32.2. The van der Waals surface area contributed by atoms with Gasteiger partial charge in [-0.2, -0.15) is 0 Å². The molecule has 0 N–H and O–H groups in total. The third-order valence-electron chi connectivity index (χ3n) is 11.3. The Hall–Kier alpha value is -6.55. The Balaban J connectivity index is 1.17. The zero-order valence-corrected chi connectivity index (χ0v) is 29.4. The van der Waals surface area contributed by atoms with E-state index >= 15 is 0 Å². The first kappa shape index (κ1) is 29.1. The van der Waals surface area contributed by atoms with Crippen molar-refractivity contribution in [2.75, 3.05) is 0 Å². The number of hydrogen-bond donors (Lipinski definition) is 0. The summed E-state index contributed by atoms with van der Waals surface area (Å²) in [5.41, 5.74) is 12.3. The minimum absolute atomic E-state index is 1.17. The summed E-state index contributed by atoms with van der Waals surface area (Å²) < 4.78 is 4.90. The molecule has 0 radical (unpaired) electrons. The third-order valence-corrected chi connectivity index (χ3v) is 12.4. The lowest BCUT2D eigenvalue weighted by Crippen LogP contribution is -1.97. The number of fused-ring (bicyclic) bond motifs is 10. The van der Waals surface area contributed by atoms with E-state index < -0.39 is 0 Å². The normalized spacial score (nSPS) is 12.5. The Labute approximate surface area is 310 Å². The van der Waals surface area contributed by atoms with Crippen LogP contribution >= 0.6 is 11.8 Å². The number of benzene rings is 9. The molecule has 0 amide bonds. The summed E-state index contributed by atoms with van der Waals surface area (Å²) in [5.74, 6) is 0. The lowest BCUT2D eigenvalue weighted by Gasteiger charge is -2.21. The van der Waals surface area contributed by atoms with E-state index in [1.807, 2.05) is 11.8 Å². The SMILES string of the molecule is c1ccc(-n2c3ccccc3c3cc(-c4ccc5c(c4)c4c6cccc7c6c(cc4n5-c4cccc5ccccc45)-c4ccccc4S7)ccc32)cc1. The zero-order valence-electron chi connectivity index (χ0n) is 28.6. The molecule has 3 heterocycles. The summed E-state index contributed by atoms with van der Waals surface area (Å²) in [5, 5.41) is 10.2. The molecule has 0 saturated carbocycles. The Morgan fingerprint density at radius 3 is 1.87 bits per heavy atom. The lowest BCUT2D eigenvalue weighted by molar-refractivity contribution is 1.18. The predicted octanol–water partition coefficient (Wildman–Crippen LogP) is 14.0. The number of hydrogen-bond acceptors (Lipinski definition) is 1. The molecule has 3 heteroatoms. The highest BCUT2D eigenvalue weighted by Gasteiger charge is 2.25. The van der Waals surface area contributed by atoms with Gasteiger partial charge in [-0.1, -0.05) is 127 Å². The molecule has 12 rings (SSSR count). The summed E-state index contributed by atoms with van der Waals surface area (Å²) in [4.78, 5) is 2.63. The van der Waals surface area contributed by atoms with Crippen LogP contribution in [0.15, 0.2) is 192 Å². The van der Waals surface area contributed by atoms with E-state index in [0.29, 0.717) is 0 Å². The van der Waals surface area contributed by atoms with E-state index in [1.54, 1.807) is 0 Å². The fraction of sp³-hybridized carbons (Fsp3) is 0. The fourth-order valence-electron chi connectivity index (χ4n) is 9.00. The van der Waals surface area contributed by atoms with E-state index in [0.717, 1.165) is 0 Å². The molecule has 0 aliphatic carbocycles. The van der Waals surface area contributed by atoms with Crippen LogP contribution in [0.2, 0.25) is 0 Å². The quantitative estimate of drug-likeness (QED) is 0.179. The molecule has 2 nitrogen and oxygen atoms in total. The van der Waals surface area contributed by atoms with Crippen LogP contribution in [-0.2, 0) is 0 Å². The van der Waals surface area contributed by atoms with Gasteiger partial charge in [0.1, 0.15) is 0 Å². The molecule has 0 spiro atoms. The topological polar surface area (TPSA) is 9.86 Å². The van der Waals surface area contributed by atoms with E-state index in [4.69, 9.17) is 0 Å². The first-order valence-corrected chi connectivity index (χ1v) is 19.0. The summed E-state index contributed by atoms with van der Waals surface area (Å²) in [7, 11) is 0. The molecule has 246 valence electrons. The van der Waals surface area contributed by atoms with Crippen molar-refractivity contribution in [3.8, 4) is 33.6 Å². The van der Waals surface area contributed by atoms with E-state index in [9.17, 15) is 0 Å². The minimum Gasteiger partial charge on any atom is -0.309 e. The van der Waals surface area contributed by atoms with Crippen molar-refractivity contribution in [2.45, 2.75) is 9.79 Å². The molecule has 11 aromatic rings. The summed E-state index contributed by atoms with van der Waals surface area (Å²) in [6, 6.07) is 67.2. The van der Waals surface area contributed by atoms with Gasteiger partial charge in [0.15, 0.2) is 0 Å². The van der Waals surface area contributed by atoms with E-state index in [-0.39, 0.29) is 0 Å². The molecule has 2 aromatic heterocycles. The first-order valence-electron chi connectivity index (χ1n) is 18.2. The smallest absolute Gasteiger partial charge is 0.0554 e. The molecule has 0 saturated heterocycles. The maximum absolute atomic E-state index is 2.51. The molecule has 0 fully saturated rings. The van der Waals surface area contributed by atoms with Crippen LogP contribution in [0.3, 0.4) is 0 Å². The van der Waals surface area contributed by atoms with Crippen molar-refractivity contribution in [1.82, 2.24) is 9.13 Å². The van der Waals surface area contributed by atoms with Crippen LogP contribution in [0.5, 0.6) is 0 Å². The van der Waals surface area contributed by atoms with E-state index in [2.05, 4.69) is 191 Å². The van der Waals surface area contributed by atoms with Gasteiger partial charge in [0.05, 0.1) is 27.8 Å². The van der Waals surface area contributed by atoms with Crippen molar-refractivity contribution in [1.29, 1.82) is 0 Å². The Bertz CT molecular complexity index is 3310. The average molecular weight is 691 g/mol. The number of nitrogens with zero attached hydrogens (tertiary/aromatic N) is 2. The Morgan fingerprint density at radius 2 is 0.981 bits per heavy atom. The van der Waals surface area contributed by atoms with E-state index in [1.165, 1.54) is 109 Å². The van der Waals surface area contributed by atoms with Gasteiger partial charge in [-0.25, -0.2) is 0 Å². The predicted molar refractivity (Wildman–Crippen MR) is 225 cm³/mol. The molecule has 1 aliphatic rings. The third kappa shape index (κ3) is 4.11. The molecule has 0 bridgehead atoms. The maximum atomic E-state index is 2.51. The number of rotatable bonds is 3. The second kappa shape index (κ2) is 11.0. The van der Waals surface area contributed by atoms with Crippen LogP contribution in [0.4, 0.5) is 0 Å². The number of aromatic nitrogens is 2. The highest BCUT2D eigenvalue weighted by molar-refractivity contribution is 7.99. The summed E-state index contributed by atoms with van der Waals surface area (Å²) in [6.45, 7) is 0. The zero-order chi connectivity index (χ0) is 34.6. The Kier molecular flexibility index (Phi) is 6.02. The molecule has 1 aliphatic heterocycles. The van der Waals surface area contributed by atoms with Crippen molar-refractivity contribution >= 4 is 76.9 Å². The first-order chi connectivity index (χ1) is 26.3. The van der Waals surface area contributed by atoms with Crippen molar-refractivity contribution < 1.29 is 0 Å². The Morgan fingerprint density at radius 1 is 0.340 bits per heavy atom. The fourth-order valence-corrected chi connectivity index (χ4v) is 10.1. The van der Waals surface area contributed by atoms with Gasteiger partial charge in [-0.3, -0.25) is 0 Å². The monoisotopic (exact) mass is 690 g/mol. The summed E-state index contributed by atoms with van der Waals surface area (Å²) in [6.07, 6.45) is 0. The van der Waals surface area contributed by atoms with Gasteiger partial charge < -0.3 is 9.13 Å². The maximum Gasteiger partial charge on any atom is 0.0554 e. The molecular formula is C50H30N2S. The van der Waals surface area contributed by atoms with Crippen molar-refractivity contribution in [3.63, 3.8) is 0 Å². The van der Waals surface area contributed by atoms with Gasteiger partial charge in [-0.05, 0) is 99.8 Å². The van der Waals surface area contributed by atoms with Crippen molar-refractivity contribution in [2.24, 2.45) is 0 Å². The standard InChI is InChI=1S/C50H30N2S/c1-2-14-34(15-3-1)51-43-20-8-6-17-36(43)39-28-32(24-26-44(39)51)33-25-27-45-41(29-33)49-38-19-11-23-48-50(38)40(37-18-7-9-22-47(37)53-48)30-46(49)52(45)42-21-10-13-31-12-4-5-16-35(31)42/h1-30H. The van der Waals surface area contributed by atoms with Gasteiger partial charge >= 0.3 is 0 Å². The lowest BCUT2D eigenvalue weighted by atomic mass is 9.93. The van der Waals surface area contributed by atoms with Gasteiger partial charge in [0, 0.05) is 47.8 Å². The molecule has 0 atom stereocenters. The van der Waals surface area contributed by atoms with Crippen LogP contribution < -0.4 is 0 Å². The highest BCUT2D eigenvalue weighted by Crippen LogP contribution is 2.51. The van der Waals surface area contributed by atoms with Crippen LogP contribution in [0.1, 0.15) is 0 Å². The second-order valence-electron chi connectivity index (χ2n) is 14.1. The van der Waals surface area contributed by atoms with Crippen LogP contribution in [0, 0.1) is 0 Å². The van der Waals surface area contributed by atoms with Gasteiger partial charge in [-0.15, -0.1) is 0 Å². The summed E-state index contributed by atoms with van der Waals surface area (Å²) >= 11 is 1.89. The molecule has 0 unspecified atom stereocenters. The van der Waals surface area contributed by atoms with Gasteiger partial charge in [0.25, 0.3) is 0 Å². The largest absolute Gasteiger partial charge is 0.309 e. The van der Waals surface area contributed by atoms with Crippen LogP contribution in [0.25, 0.3) is 98.8 Å². The van der Waals surface area contributed by atoms with Crippen LogP contribution in [-0.4, -0.2) is 9.13 Å². The van der Waals surface area contributed by atoms with Crippen molar-refractivity contribution in [3.05, 3.63) is 182 Å².